The summed E-state index contributed by atoms with van der Waals surface area (Å²) in [5, 5.41) is 10.7. The summed E-state index contributed by atoms with van der Waals surface area (Å²) in [7, 11) is 0. The van der Waals surface area contributed by atoms with Gasteiger partial charge < -0.3 is 5.11 Å². The van der Waals surface area contributed by atoms with E-state index in [-0.39, 0.29) is 0 Å². The molecule has 4 aliphatic rings. The summed E-state index contributed by atoms with van der Waals surface area (Å²) in [5.41, 5.74) is 2.09. The smallest absolute Gasteiger partial charge is 0.0657 e. The molecule has 0 aliphatic heterocycles. The predicted molar refractivity (Wildman–Crippen MR) is 124 cm³/mol. The Morgan fingerprint density at radius 2 is 1.72 bits per heavy atom. The molecular formula is C28H48O. The largest absolute Gasteiger partial charge is 0.390 e. The lowest BCUT2D eigenvalue weighted by molar-refractivity contribution is -0.0705. The third kappa shape index (κ3) is 3.77. The number of allylic oxidation sites excluding steroid dienone is 1. The van der Waals surface area contributed by atoms with Crippen molar-refractivity contribution in [3.8, 4) is 0 Å². The van der Waals surface area contributed by atoms with Crippen LogP contribution in [-0.2, 0) is 0 Å². The van der Waals surface area contributed by atoms with Crippen molar-refractivity contribution in [2.24, 2.45) is 46.3 Å². The van der Waals surface area contributed by atoms with Gasteiger partial charge in [-0.3, -0.25) is 0 Å². The van der Waals surface area contributed by atoms with Crippen LogP contribution in [0.25, 0.3) is 0 Å². The Hall–Kier alpha value is -0.300. The monoisotopic (exact) mass is 400 g/mol. The first kappa shape index (κ1) is 21.9. The molecule has 0 bridgehead atoms. The van der Waals surface area contributed by atoms with Crippen LogP contribution in [0, 0.1) is 46.3 Å². The van der Waals surface area contributed by atoms with Gasteiger partial charge in [0.15, 0.2) is 0 Å². The number of aliphatic hydroxyl groups is 1. The summed E-state index contributed by atoms with van der Waals surface area (Å²) in [5.74, 6) is 5.41. The number of fused-ring (bicyclic) bond motifs is 5. The molecule has 8 atom stereocenters. The van der Waals surface area contributed by atoms with Crippen molar-refractivity contribution in [3.63, 3.8) is 0 Å². The van der Waals surface area contributed by atoms with Gasteiger partial charge >= 0.3 is 0 Å². The lowest BCUT2D eigenvalue weighted by Gasteiger charge is -2.59. The van der Waals surface area contributed by atoms with Gasteiger partial charge in [-0.15, -0.1) is 0 Å². The Kier molecular flexibility index (Phi) is 5.81. The highest BCUT2D eigenvalue weighted by molar-refractivity contribution is 5.26. The molecule has 0 aromatic rings. The lowest BCUT2D eigenvalue weighted by atomic mass is 9.46. The highest BCUT2D eigenvalue weighted by Crippen LogP contribution is 2.67. The summed E-state index contributed by atoms with van der Waals surface area (Å²) in [6.45, 7) is 14.6. The van der Waals surface area contributed by atoms with Crippen LogP contribution in [0.3, 0.4) is 0 Å². The molecule has 3 fully saturated rings. The van der Waals surface area contributed by atoms with Crippen molar-refractivity contribution in [2.75, 3.05) is 0 Å². The van der Waals surface area contributed by atoms with Crippen molar-refractivity contribution < 1.29 is 5.11 Å². The van der Waals surface area contributed by atoms with E-state index < -0.39 is 5.60 Å². The van der Waals surface area contributed by atoms with E-state index in [1.807, 2.05) is 0 Å². The van der Waals surface area contributed by atoms with E-state index >= 15 is 0 Å². The van der Waals surface area contributed by atoms with Crippen molar-refractivity contribution in [2.45, 2.75) is 118 Å². The first-order chi connectivity index (χ1) is 13.6. The summed E-state index contributed by atoms with van der Waals surface area (Å²) in [6.07, 6.45) is 17.1. The molecule has 0 aromatic carbocycles. The van der Waals surface area contributed by atoms with Crippen LogP contribution in [0.4, 0.5) is 0 Å². The highest BCUT2D eigenvalue weighted by atomic mass is 16.3. The molecule has 0 saturated heterocycles. The maximum absolute atomic E-state index is 10.7. The molecule has 4 rings (SSSR count). The standard InChI is InChI=1S/C28H48O/c1-19(2)8-7-9-20(3)23-12-13-24-22-11-10-21-18-26(4,29)16-17-27(21,5)25(22)14-15-28(23,24)6/h10,19-20,22-25,29H,7-9,11-18H2,1-6H3/t20-,22?,23?,24?,25?,26-,27?,28?/m1/s1. The molecule has 6 unspecified atom stereocenters. The van der Waals surface area contributed by atoms with E-state index in [0.29, 0.717) is 10.8 Å². The fourth-order valence-electron chi connectivity index (χ4n) is 8.83. The molecule has 0 heterocycles. The molecule has 1 heteroatoms. The molecular weight excluding hydrogens is 352 g/mol. The molecule has 0 amide bonds. The normalized spacial score (nSPS) is 47.9. The van der Waals surface area contributed by atoms with E-state index in [2.05, 4.69) is 47.6 Å². The second-order valence-corrected chi connectivity index (χ2v) is 13.0. The van der Waals surface area contributed by atoms with Gasteiger partial charge in [-0.25, -0.2) is 0 Å². The Morgan fingerprint density at radius 1 is 0.966 bits per heavy atom. The van der Waals surface area contributed by atoms with Crippen LogP contribution >= 0.6 is 0 Å². The first-order valence-electron chi connectivity index (χ1n) is 13.0. The average Bonchev–Trinajstić information content (AvgIpc) is 2.99. The third-order valence-corrected chi connectivity index (χ3v) is 10.6. The minimum atomic E-state index is -0.467. The van der Waals surface area contributed by atoms with Gasteiger partial charge in [0, 0.05) is 0 Å². The SMILES string of the molecule is CC(C)CCC[C@@H](C)C1CCC2C3CC=C4C[C@](C)(O)CCC4(C)C3CCC21C. The summed E-state index contributed by atoms with van der Waals surface area (Å²) < 4.78 is 0. The first-order valence-corrected chi connectivity index (χ1v) is 13.0. The minimum Gasteiger partial charge on any atom is -0.390 e. The Morgan fingerprint density at radius 3 is 2.45 bits per heavy atom. The zero-order valence-electron chi connectivity index (χ0n) is 20.3. The minimum absolute atomic E-state index is 0.369. The maximum Gasteiger partial charge on any atom is 0.0657 e. The molecule has 4 aliphatic carbocycles. The van der Waals surface area contributed by atoms with Crippen molar-refractivity contribution >= 4 is 0 Å². The Bertz CT molecular complexity index is 630. The summed E-state index contributed by atoms with van der Waals surface area (Å²) >= 11 is 0. The predicted octanol–water partition coefficient (Wildman–Crippen LogP) is 7.78. The molecule has 166 valence electrons. The average molecular weight is 401 g/mol. The van der Waals surface area contributed by atoms with Gasteiger partial charge in [0.2, 0.25) is 0 Å². The fourth-order valence-corrected chi connectivity index (χ4v) is 8.83. The van der Waals surface area contributed by atoms with Crippen molar-refractivity contribution in [1.29, 1.82) is 0 Å². The zero-order chi connectivity index (χ0) is 21.0. The molecule has 1 nitrogen and oxygen atoms in total. The maximum atomic E-state index is 10.7. The summed E-state index contributed by atoms with van der Waals surface area (Å²) in [6, 6.07) is 0. The second-order valence-electron chi connectivity index (χ2n) is 13.0. The molecule has 29 heavy (non-hydrogen) atoms. The van der Waals surface area contributed by atoms with Crippen LogP contribution < -0.4 is 0 Å². The Balaban J connectivity index is 1.50. The summed E-state index contributed by atoms with van der Waals surface area (Å²) in [4.78, 5) is 0. The topological polar surface area (TPSA) is 20.2 Å². The lowest BCUT2D eigenvalue weighted by Crippen LogP contribution is -2.52. The second kappa shape index (κ2) is 7.68. The van der Waals surface area contributed by atoms with Crippen LogP contribution in [-0.4, -0.2) is 10.7 Å². The van der Waals surface area contributed by atoms with Gasteiger partial charge in [-0.2, -0.15) is 0 Å². The van der Waals surface area contributed by atoms with Gasteiger partial charge in [0.25, 0.3) is 0 Å². The molecule has 0 radical (unpaired) electrons. The zero-order valence-corrected chi connectivity index (χ0v) is 20.3. The van der Waals surface area contributed by atoms with E-state index in [1.165, 1.54) is 57.8 Å². The van der Waals surface area contributed by atoms with E-state index in [1.54, 1.807) is 5.57 Å². The van der Waals surface area contributed by atoms with Crippen LogP contribution in [0.5, 0.6) is 0 Å². The third-order valence-electron chi connectivity index (χ3n) is 10.6. The molecule has 0 aromatic heterocycles. The van der Waals surface area contributed by atoms with Crippen LogP contribution in [0.2, 0.25) is 0 Å². The Labute approximate surface area is 181 Å². The number of hydrogen-bond donors (Lipinski definition) is 1. The highest BCUT2D eigenvalue weighted by Gasteiger charge is 2.59. The molecule has 3 saturated carbocycles. The number of hydrogen-bond acceptors (Lipinski definition) is 1. The van der Waals surface area contributed by atoms with E-state index in [9.17, 15) is 5.11 Å². The van der Waals surface area contributed by atoms with Gasteiger partial charge in [0.1, 0.15) is 0 Å². The van der Waals surface area contributed by atoms with E-state index in [4.69, 9.17) is 0 Å². The van der Waals surface area contributed by atoms with Crippen LogP contribution in [0.15, 0.2) is 11.6 Å². The van der Waals surface area contributed by atoms with Crippen molar-refractivity contribution in [3.05, 3.63) is 11.6 Å². The number of rotatable bonds is 5. The molecule has 1 N–H and O–H groups in total. The van der Waals surface area contributed by atoms with Gasteiger partial charge in [0.05, 0.1) is 5.60 Å². The van der Waals surface area contributed by atoms with Gasteiger partial charge in [-0.05, 0) is 105 Å². The fraction of sp³-hybridized carbons (Fsp3) is 0.929. The van der Waals surface area contributed by atoms with Gasteiger partial charge in [-0.1, -0.05) is 65.5 Å². The van der Waals surface area contributed by atoms with E-state index in [0.717, 1.165) is 48.3 Å². The van der Waals surface area contributed by atoms with Crippen LogP contribution in [0.1, 0.15) is 112 Å². The molecule has 0 spiro atoms. The van der Waals surface area contributed by atoms with Crippen molar-refractivity contribution in [1.82, 2.24) is 0 Å². The quantitative estimate of drug-likeness (QED) is 0.467.